The Labute approximate surface area is 863 Å². The summed E-state index contributed by atoms with van der Waals surface area (Å²) in [6.07, 6.45) is 20.0. The molecule has 0 atom stereocenters. The first-order chi connectivity index (χ1) is 69.2. The van der Waals surface area contributed by atoms with E-state index in [4.69, 9.17) is 99.9 Å². The van der Waals surface area contributed by atoms with Crippen LogP contribution in [-0.4, -0.2) is 146 Å². The largest absolute Gasteiger partial charge is 0.473 e. The number of benzene rings is 6. The summed E-state index contributed by atoms with van der Waals surface area (Å²) in [7, 11) is 0. The zero-order valence-corrected chi connectivity index (χ0v) is 85.4. The van der Waals surface area contributed by atoms with Gasteiger partial charge in [0.2, 0.25) is 5.88 Å². The third-order valence-corrected chi connectivity index (χ3v) is 20.8. The van der Waals surface area contributed by atoms with Gasteiger partial charge in [-0.2, -0.15) is 0 Å². The molecule has 145 heavy (non-hydrogen) atoms. The second-order valence-corrected chi connectivity index (χ2v) is 36.2. The first-order valence-corrected chi connectivity index (χ1v) is 47.9. The molecule has 0 aliphatic heterocycles. The van der Waals surface area contributed by atoms with Crippen molar-refractivity contribution >= 4 is 148 Å². The number of amides is 4. The highest BCUT2D eigenvalue weighted by atomic mass is 79.9. The predicted octanol–water partition coefficient (Wildman–Crippen LogP) is 19.8. The number of rotatable bonds is 28. The van der Waals surface area contributed by atoms with Gasteiger partial charge in [-0.25, -0.2) is 82.6 Å². The molecule has 15 rings (SSSR count). The van der Waals surface area contributed by atoms with Crippen molar-refractivity contribution in [3.63, 3.8) is 0 Å². The smallest absolute Gasteiger partial charge is 0.407 e. The fraction of sp³-hybridized carbons (Fsp3) is 0.255. The van der Waals surface area contributed by atoms with E-state index in [0.29, 0.717) is 151 Å². The Morgan fingerprint density at radius 2 is 0.690 bits per heavy atom. The minimum Gasteiger partial charge on any atom is -0.473 e. The van der Waals surface area contributed by atoms with E-state index in [0.717, 1.165) is 98.5 Å². The van der Waals surface area contributed by atoms with Gasteiger partial charge >= 0.3 is 12.2 Å². The number of nitrogens with two attached hydrogens (primary N) is 8. The molecule has 9 aromatic heterocycles. The molecule has 0 fully saturated rings. The van der Waals surface area contributed by atoms with Crippen LogP contribution < -0.4 is 71.9 Å². The number of carbonyl (C=O) groups is 5. The number of nitrogens with zero attached hydrogens (tertiary/aromatic N) is 12. The van der Waals surface area contributed by atoms with Crippen LogP contribution in [-0.2, 0) is 41.6 Å². The lowest BCUT2D eigenvalue weighted by Gasteiger charge is -2.19. The van der Waals surface area contributed by atoms with E-state index in [2.05, 4.69) is 98.6 Å². The zero-order valence-electron chi connectivity index (χ0n) is 81.6. The molecule has 15 aromatic rings. The minimum atomic E-state index is -0.572. The van der Waals surface area contributed by atoms with E-state index >= 15 is 0 Å². The van der Waals surface area contributed by atoms with Gasteiger partial charge in [-0.3, -0.25) is 14.4 Å². The van der Waals surface area contributed by atoms with Gasteiger partial charge in [-0.05, 0) is 358 Å². The van der Waals surface area contributed by atoms with Gasteiger partial charge in [0.15, 0.2) is 10.3 Å². The number of halogens is 7. The average molecular weight is 2100 g/mol. The molecule has 4 amide bonds. The number of anilines is 6. The molecule has 0 aliphatic carbocycles. The van der Waals surface area contributed by atoms with Crippen LogP contribution in [0, 0.1) is 17.5 Å². The summed E-state index contributed by atoms with van der Waals surface area (Å²) < 4.78 is 56.5. The number of ether oxygens (including phenoxy) is 3. The van der Waals surface area contributed by atoms with Gasteiger partial charge < -0.3 is 81.3 Å². The molecule has 0 aliphatic rings. The Bertz CT molecular complexity index is 6590. The highest BCUT2D eigenvalue weighted by molar-refractivity contribution is 9.10. The number of hydrogen-bond donors (Lipinski definition) is 12. The second kappa shape index (κ2) is 59.0. The first kappa shape index (κ1) is 115. The number of aryl methyl sites for hydroxylation is 5. The monoisotopic (exact) mass is 2100 g/mol. The maximum absolute atomic E-state index is 13.4. The summed E-state index contributed by atoms with van der Waals surface area (Å²) in [4.78, 5) is 109. The maximum Gasteiger partial charge on any atom is 0.407 e. The van der Waals surface area contributed by atoms with Crippen LogP contribution in [0.1, 0.15) is 146 Å². The molecule has 0 bridgehead atoms. The van der Waals surface area contributed by atoms with Crippen LogP contribution in [0.25, 0.3) is 66.9 Å². The number of alkyl carbamates (subject to hydrolysis) is 2. The van der Waals surface area contributed by atoms with Crippen molar-refractivity contribution in [1.82, 2.24) is 81.1 Å². The fourth-order valence-electron chi connectivity index (χ4n) is 12.6. The van der Waals surface area contributed by atoms with E-state index in [-0.39, 0.29) is 51.8 Å². The number of nitrogens with one attached hydrogen (secondary N) is 4. The van der Waals surface area contributed by atoms with E-state index in [1.165, 1.54) is 47.5 Å². The summed E-state index contributed by atoms with van der Waals surface area (Å²) in [5.41, 5.74) is 56.2. The van der Waals surface area contributed by atoms with E-state index in [1.807, 2.05) is 104 Å². The van der Waals surface area contributed by atoms with Gasteiger partial charge in [0.1, 0.15) is 80.6 Å². The predicted molar refractivity (Wildman–Crippen MR) is 573 cm³/mol. The first-order valence-electron chi connectivity index (χ1n) is 46.0. The third-order valence-electron chi connectivity index (χ3n) is 19.6. The topological polar surface area (TPSA) is 524 Å². The Morgan fingerprint density at radius 1 is 0.386 bits per heavy atom. The van der Waals surface area contributed by atoms with Gasteiger partial charge in [-0.1, -0.05) is 59.6 Å². The number of carbonyl (C=O) groups excluding carboxylic acids is 5. The van der Waals surface area contributed by atoms with Crippen LogP contribution in [0.5, 0.6) is 5.88 Å². The molecule has 0 spiro atoms. The van der Waals surface area contributed by atoms with Crippen LogP contribution in [0.15, 0.2) is 254 Å². The van der Waals surface area contributed by atoms with Crippen molar-refractivity contribution in [3.05, 3.63) is 327 Å². The van der Waals surface area contributed by atoms with Crippen molar-refractivity contribution in [2.24, 2.45) is 11.5 Å². The molecule has 20 N–H and O–H groups in total. The van der Waals surface area contributed by atoms with E-state index < -0.39 is 22.5 Å². The molecule has 6 aromatic carbocycles. The Morgan fingerprint density at radius 3 is 0.993 bits per heavy atom. The Balaban J connectivity index is 0.000000212. The van der Waals surface area contributed by atoms with Crippen molar-refractivity contribution < 1.29 is 51.4 Å². The van der Waals surface area contributed by atoms with Crippen LogP contribution in [0.2, 0.25) is 10.3 Å². The third kappa shape index (κ3) is 42.5. The lowest BCUT2D eigenvalue weighted by molar-refractivity contribution is 0.0518. The number of pyridine rings is 6. The average Bonchev–Trinajstić information content (AvgIpc) is 0.787. The SMILES string of the molecule is C=CCNC(=O)OC(C)(C)C.CC(C)(C)OC(=O)NCCCc1ccc(N)nc1.CC(C)Oc1nc2ccc(C(=O)NCCCc3ccc(N)nc3)cc2nc1-c1ccc(F)cc1.NCCCc1ccc(N)nc1.NCCCc1ccc(N)nc1.Nc1ccc(Br)cn1.Nc1ccc(CCCNC(=O)c2ccc3nc(Cl)c(-c4ccc(F)cc4)nc3c2)cn1.O=C(Cl)c1ccc2nc(Cl)c(-c3ccc(F)cc3)nc2c1. The molecular formula is C106H119BrCl3F3N24O8. The molecule has 0 saturated heterocycles. The lowest BCUT2D eigenvalue weighted by Crippen LogP contribution is -2.33. The van der Waals surface area contributed by atoms with Crippen molar-refractivity contribution in [1.29, 1.82) is 0 Å². The zero-order chi connectivity index (χ0) is 106. The standard InChI is InChI=1S/C26H26FN5O2.C23H19ClFN5O.C15H7Cl2FN2O.C13H21N3O2.2C8H13N3.C8H15NO2.C5H5BrN2/c1-16(2)34-26-24(18-6-9-20(27)10-7-18)31-22-14-19(8-11-21(22)32-26)25(33)29-13-3-4-17-5-12-23(28)30-15-17;24-22-21(15-4-7-17(25)8-5-15)29-19-12-16(6-9-18(19)30-22)23(31)27-11-1-2-14-3-10-20(26)28-13-14;16-14-13(8-1-4-10(18)5-2-8)19-12-7-9(15(17)21)3-6-11(12)20-14;1-13(2,3)18-12(17)15-8-4-5-10-6-7-11(14)16-9-10;2*9-5-1-2-7-3-4-8(10)11-6-7;1-5-6-9-7(10)11-8(2,3)4;6-4-1-2-5(7)8-3-4/h5-12,14-16H,3-4,13H2,1-2H3,(H2,28,30)(H,29,33);3-10,12-13H,1-2,11H2,(H2,26,28)(H,27,31);1-7H;6-7,9H,4-5,8H2,1-3H3,(H2,14,16)(H,15,17);2*3-4,6H,1-2,5,9H2,(H2,10,11);5H,1,6H2,2-4H3,(H,9,10);1-3H,(H2,7,8). The number of fused-ring (bicyclic) bond motifs is 3. The lowest BCUT2D eigenvalue weighted by atomic mass is 10.1. The normalized spacial score (nSPS) is 10.7. The minimum absolute atomic E-state index is 0.111. The molecule has 32 nitrogen and oxygen atoms in total. The van der Waals surface area contributed by atoms with Gasteiger partial charge in [0, 0.05) is 101 Å². The van der Waals surface area contributed by atoms with Gasteiger partial charge in [0.05, 0.1) is 39.2 Å². The second-order valence-electron chi connectivity index (χ2n) is 34.2. The van der Waals surface area contributed by atoms with Gasteiger partial charge in [0.25, 0.3) is 17.1 Å². The summed E-state index contributed by atoms with van der Waals surface area (Å²) >= 11 is 21.1. The van der Waals surface area contributed by atoms with Crippen LogP contribution in [0.4, 0.5) is 57.7 Å². The van der Waals surface area contributed by atoms with Crippen molar-refractivity contribution in [2.45, 2.75) is 137 Å². The molecule has 760 valence electrons. The number of aromatic nitrogens is 12. The summed E-state index contributed by atoms with van der Waals surface area (Å²) in [6.45, 7) is 21.8. The molecule has 39 heteroatoms. The number of hydrogen-bond acceptors (Lipinski definition) is 28. The fourth-order valence-corrected chi connectivity index (χ4v) is 13.4. The molecule has 0 radical (unpaired) electrons. The highest BCUT2D eigenvalue weighted by Gasteiger charge is 2.21. The van der Waals surface area contributed by atoms with Crippen molar-refractivity contribution in [3.8, 4) is 39.7 Å². The molecule has 0 saturated carbocycles. The quantitative estimate of drug-likeness (QED) is 0.0123. The maximum atomic E-state index is 13.4. The molecule has 0 unspecified atom stereocenters. The highest BCUT2D eigenvalue weighted by Crippen LogP contribution is 2.33. The molecular weight excluding hydrogens is 1980 g/mol. The molecule has 9 heterocycles. The van der Waals surface area contributed by atoms with E-state index in [1.54, 1.807) is 159 Å². The van der Waals surface area contributed by atoms with Gasteiger partial charge in [-0.15, -0.1) is 6.58 Å². The Hall–Kier alpha value is -15.2. The van der Waals surface area contributed by atoms with Crippen LogP contribution in [0.3, 0.4) is 0 Å². The summed E-state index contributed by atoms with van der Waals surface area (Å²) in [5.74, 6) is 2.13. The summed E-state index contributed by atoms with van der Waals surface area (Å²) in [6, 6.07) is 54.8. The number of nitrogen functional groups attached to an aromatic ring is 6. The van der Waals surface area contributed by atoms with Crippen molar-refractivity contribution in [2.75, 3.05) is 73.7 Å². The summed E-state index contributed by atoms with van der Waals surface area (Å²) in [5, 5.41) is 10.9. The van der Waals surface area contributed by atoms with E-state index in [9.17, 15) is 37.1 Å². The van der Waals surface area contributed by atoms with Crippen LogP contribution >= 0.6 is 50.7 Å². The Kier molecular flexibility index (Phi) is 46.8.